The largest absolute Gasteiger partial charge is 0.467 e. The summed E-state index contributed by atoms with van der Waals surface area (Å²) < 4.78 is 10.7. The van der Waals surface area contributed by atoms with E-state index in [0.29, 0.717) is 6.61 Å². The van der Waals surface area contributed by atoms with Gasteiger partial charge in [-0.25, -0.2) is 0 Å². The maximum Gasteiger partial charge on any atom is 0.129 e. The van der Waals surface area contributed by atoms with Crippen molar-refractivity contribution in [3.63, 3.8) is 0 Å². The molecule has 0 saturated heterocycles. The summed E-state index contributed by atoms with van der Waals surface area (Å²) in [5.41, 5.74) is 0. The molecule has 1 aromatic heterocycles. The van der Waals surface area contributed by atoms with E-state index >= 15 is 0 Å². The number of hydrogen-bond donors (Lipinski definition) is 1. The third kappa shape index (κ3) is 6.49. The summed E-state index contributed by atoms with van der Waals surface area (Å²) in [6.07, 6.45) is 5.26. The number of ether oxygens (including phenoxy) is 1. The molecule has 1 N–H and O–H groups in total. The summed E-state index contributed by atoms with van der Waals surface area (Å²) in [6.45, 7) is 8.04. The predicted molar refractivity (Wildman–Crippen MR) is 69.9 cm³/mol. The SMILES string of the molecule is CCC(CC)CNCCCOCc1ccco1. The summed E-state index contributed by atoms with van der Waals surface area (Å²) in [4.78, 5) is 0. The fourth-order valence-corrected chi connectivity index (χ4v) is 1.75. The zero-order valence-corrected chi connectivity index (χ0v) is 11.1. The molecule has 3 heteroatoms. The molecule has 1 aromatic rings. The summed E-state index contributed by atoms with van der Waals surface area (Å²) in [6, 6.07) is 3.82. The highest BCUT2D eigenvalue weighted by Gasteiger charge is 2.01. The molecule has 0 bridgehead atoms. The van der Waals surface area contributed by atoms with Crippen LogP contribution in [0.15, 0.2) is 22.8 Å². The van der Waals surface area contributed by atoms with E-state index in [1.54, 1.807) is 6.26 Å². The van der Waals surface area contributed by atoms with E-state index in [9.17, 15) is 0 Å². The Morgan fingerprint density at radius 2 is 2.18 bits per heavy atom. The van der Waals surface area contributed by atoms with Gasteiger partial charge in [0.25, 0.3) is 0 Å². The van der Waals surface area contributed by atoms with Crippen molar-refractivity contribution in [3.8, 4) is 0 Å². The zero-order chi connectivity index (χ0) is 12.3. The molecule has 17 heavy (non-hydrogen) atoms. The number of rotatable bonds is 10. The normalized spacial score (nSPS) is 11.2. The van der Waals surface area contributed by atoms with Crippen LogP contribution in [0.4, 0.5) is 0 Å². The minimum Gasteiger partial charge on any atom is -0.467 e. The van der Waals surface area contributed by atoms with Crippen molar-refractivity contribution in [1.29, 1.82) is 0 Å². The Hall–Kier alpha value is -0.800. The number of hydrogen-bond acceptors (Lipinski definition) is 3. The van der Waals surface area contributed by atoms with Crippen LogP contribution in [0, 0.1) is 5.92 Å². The van der Waals surface area contributed by atoms with Crippen molar-refractivity contribution in [3.05, 3.63) is 24.2 Å². The molecular weight excluding hydrogens is 214 g/mol. The smallest absolute Gasteiger partial charge is 0.129 e. The van der Waals surface area contributed by atoms with Gasteiger partial charge < -0.3 is 14.5 Å². The van der Waals surface area contributed by atoms with Crippen molar-refractivity contribution in [2.45, 2.75) is 39.7 Å². The van der Waals surface area contributed by atoms with Crippen LogP contribution in [0.2, 0.25) is 0 Å². The van der Waals surface area contributed by atoms with Gasteiger partial charge in [-0.15, -0.1) is 0 Å². The highest BCUT2D eigenvalue weighted by molar-refractivity contribution is 4.95. The van der Waals surface area contributed by atoms with Gasteiger partial charge in [0, 0.05) is 6.61 Å². The van der Waals surface area contributed by atoms with Crippen molar-refractivity contribution in [2.75, 3.05) is 19.7 Å². The molecule has 0 atom stereocenters. The van der Waals surface area contributed by atoms with Crippen LogP contribution < -0.4 is 5.32 Å². The molecule has 0 radical (unpaired) electrons. The highest BCUT2D eigenvalue weighted by Crippen LogP contribution is 2.05. The second kappa shape index (κ2) is 9.25. The Morgan fingerprint density at radius 3 is 2.82 bits per heavy atom. The molecule has 0 aliphatic heterocycles. The van der Waals surface area contributed by atoms with Crippen LogP contribution in [-0.4, -0.2) is 19.7 Å². The molecule has 0 amide bonds. The molecule has 0 aliphatic carbocycles. The molecule has 1 heterocycles. The van der Waals surface area contributed by atoms with Crippen molar-refractivity contribution >= 4 is 0 Å². The van der Waals surface area contributed by atoms with E-state index in [-0.39, 0.29) is 0 Å². The Balaban J connectivity index is 1.87. The van der Waals surface area contributed by atoms with E-state index in [1.165, 1.54) is 12.8 Å². The average molecular weight is 239 g/mol. The third-order valence-corrected chi connectivity index (χ3v) is 3.05. The fourth-order valence-electron chi connectivity index (χ4n) is 1.75. The standard InChI is InChI=1S/C14H25NO2/c1-3-13(4-2)11-15-8-6-9-16-12-14-7-5-10-17-14/h5,7,10,13,15H,3-4,6,8-9,11-12H2,1-2H3. The minimum atomic E-state index is 0.583. The lowest BCUT2D eigenvalue weighted by Gasteiger charge is -2.12. The van der Waals surface area contributed by atoms with E-state index < -0.39 is 0 Å². The quantitative estimate of drug-likeness (QED) is 0.637. The van der Waals surface area contributed by atoms with Crippen LogP contribution >= 0.6 is 0 Å². The molecule has 0 unspecified atom stereocenters. The monoisotopic (exact) mass is 239 g/mol. The van der Waals surface area contributed by atoms with Crippen molar-refractivity contribution < 1.29 is 9.15 Å². The second-order valence-corrected chi connectivity index (χ2v) is 4.37. The summed E-state index contributed by atoms with van der Waals surface area (Å²) in [5.74, 6) is 1.72. The summed E-state index contributed by atoms with van der Waals surface area (Å²) in [5, 5.41) is 3.48. The molecule has 3 nitrogen and oxygen atoms in total. The lowest BCUT2D eigenvalue weighted by Crippen LogP contribution is -2.23. The predicted octanol–water partition coefficient (Wildman–Crippen LogP) is 3.21. The van der Waals surface area contributed by atoms with Crippen LogP contribution in [0.5, 0.6) is 0 Å². The maximum atomic E-state index is 5.50. The lowest BCUT2D eigenvalue weighted by molar-refractivity contribution is 0.104. The van der Waals surface area contributed by atoms with E-state index in [4.69, 9.17) is 9.15 Å². The molecular formula is C14H25NO2. The minimum absolute atomic E-state index is 0.583. The van der Waals surface area contributed by atoms with Gasteiger partial charge in [-0.1, -0.05) is 26.7 Å². The van der Waals surface area contributed by atoms with Gasteiger partial charge in [0.15, 0.2) is 0 Å². The number of nitrogens with one attached hydrogen (secondary N) is 1. The van der Waals surface area contributed by atoms with Crippen LogP contribution in [0.25, 0.3) is 0 Å². The van der Waals surface area contributed by atoms with Gasteiger partial charge in [0.1, 0.15) is 12.4 Å². The van der Waals surface area contributed by atoms with Crippen LogP contribution in [-0.2, 0) is 11.3 Å². The molecule has 0 fully saturated rings. The van der Waals surface area contributed by atoms with E-state index in [0.717, 1.165) is 37.8 Å². The molecule has 0 spiro atoms. The van der Waals surface area contributed by atoms with Crippen molar-refractivity contribution in [2.24, 2.45) is 5.92 Å². The first-order valence-electron chi connectivity index (χ1n) is 6.67. The van der Waals surface area contributed by atoms with E-state index in [2.05, 4.69) is 19.2 Å². The van der Waals surface area contributed by atoms with Gasteiger partial charge in [-0.05, 0) is 37.6 Å². The van der Waals surface area contributed by atoms with Gasteiger partial charge in [-0.3, -0.25) is 0 Å². The molecule has 98 valence electrons. The maximum absolute atomic E-state index is 5.50. The second-order valence-electron chi connectivity index (χ2n) is 4.37. The first kappa shape index (κ1) is 14.3. The Morgan fingerprint density at radius 1 is 1.35 bits per heavy atom. The number of furan rings is 1. The molecule has 0 aliphatic rings. The Labute approximate surface area is 105 Å². The van der Waals surface area contributed by atoms with Gasteiger partial charge >= 0.3 is 0 Å². The van der Waals surface area contributed by atoms with Gasteiger partial charge in [0.05, 0.1) is 6.26 Å². The third-order valence-electron chi connectivity index (χ3n) is 3.05. The first-order valence-corrected chi connectivity index (χ1v) is 6.67. The topological polar surface area (TPSA) is 34.4 Å². The molecule has 0 saturated carbocycles. The van der Waals surface area contributed by atoms with Gasteiger partial charge in [-0.2, -0.15) is 0 Å². The average Bonchev–Trinajstić information content (AvgIpc) is 2.86. The summed E-state index contributed by atoms with van der Waals surface area (Å²) in [7, 11) is 0. The molecule has 1 rings (SSSR count). The van der Waals surface area contributed by atoms with E-state index in [1.807, 2.05) is 12.1 Å². The molecule has 0 aromatic carbocycles. The summed E-state index contributed by atoms with van der Waals surface area (Å²) >= 11 is 0. The van der Waals surface area contributed by atoms with Crippen LogP contribution in [0.3, 0.4) is 0 Å². The van der Waals surface area contributed by atoms with Gasteiger partial charge in [0.2, 0.25) is 0 Å². The van der Waals surface area contributed by atoms with Crippen molar-refractivity contribution in [1.82, 2.24) is 5.32 Å². The Kier molecular flexibility index (Phi) is 7.76. The first-order chi connectivity index (χ1) is 8.36. The zero-order valence-electron chi connectivity index (χ0n) is 11.1. The lowest BCUT2D eigenvalue weighted by atomic mass is 10.0. The van der Waals surface area contributed by atoms with Crippen LogP contribution in [0.1, 0.15) is 38.9 Å². The highest BCUT2D eigenvalue weighted by atomic mass is 16.5. The Bertz CT molecular complexity index is 255. The fraction of sp³-hybridized carbons (Fsp3) is 0.714.